The first-order valence-corrected chi connectivity index (χ1v) is 10.6. The van der Waals surface area contributed by atoms with Crippen LogP contribution in [0, 0.1) is 6.92 Å². The fourth-order valence-electron chi connectivity index (χ4n) is 3.15. The third-order valence-electron chi connectivity index (χ3n) is 4.99. The zero-order chi connectivity index (χ0) is 24.5. The SMILES string of the molecule is CCc1ccccc1NC(=O)C(=O)NN=Cc1ccc(OC(=O)c2ccccc2C)c(OC)c1. The van der Waals surface area contributed by atoms with Gasteiger partial charge in [0, 0.05) is 5.69 Å². The number of rotatable bonds is 7. The predicted molar refractivity (Wildman–Crippen MR) is 129 cm³/mol. The van der Waals surface area contributed by atoms with E-state index in [9.17, 15) is 14.4 Å². The molecule has 174 valence electrons. The first-order chi connectivity index (χ1) is 16.4. The number of amides is 2. The monoisotopic (exact) mass is 459 g/mol. The lowest BCUT2D eigenvalue weighted by Crippen LogP contribution is -2.32. The maximum absolute atomic E-state index is 12.5. The van der Waals surface area contributed by atoms with Gasteiger partial charge in [-0.25, -0.2) is 10.2 Å². The number of methoxy groups -OCH3 is 1. The van der Waals surface area contributed by atoms with E-state index in [0.717, 1.165) is 11.1 Å². The molecule has 34 heavy (non-hydrogen) atoms. The van der Waals surface area contributed by atoms with Crippen LogP contribution in [0.15, 0.2) is 71.8 Å². The lowest BCUT2D eigenvalue weighted by molar-refractivity contribution is -0.136. The molecular formula is C26H25N3O5. The molecule has 0 atom stereocenters. The van der Waals surface area contributed by atoms with Crippen molar-refractivity contribution in [2.24, 2.45) is 5.10 Å². The Bertz CT molecular complexity index is 1240. The highest BCUT2D eigenvalue weighted by molar-refractivity contribution is 6.39. The van der Waals surface area contributed by atoms with Gasteiger partial charge < -0.3 is 14.8 Å². The van der Waals surface area contributed by atoms with Crippen LogP contribution in [0.1, 0.15) is 34.0 Å². The van der Waals surface area contributed by atoms with Crippen LogP contribution in [0.2, 0.25) is 0 Å². The van der Waals surface area contributed by atoms with Crippen molar-refractivity contribution in [3.05, 3.63) is 89.0 Å². The molecule has 0 aliphatic rings. The van der Waals surface area contributed by atoms with Gasteiger partial charge in [0.05, 0.1) is 18.9 Å². The number of nitrogens with one attached hydrogen (secondary N) is 2. The van der Waals surface area contributed by atoms with Crippen LogP contribution in [0.5, 0.6) is 11.5 Å². The van der Waals surface area contributed by atoms with Gasteiger partial charge in [0.1, 0.15) is 0 Å². The van der Waals surface area contributed by atoms with E-state index in [1.165, 1.54) is 13.3 Å². The van der Waals surface area contributed by atoms with Gasteiger partial charge in [0.25, 0.3) is 0 Å². The molecule has 0 fully saturated rings. The maximum atomic E-state index is 12.5. The Morgan fingerprint density at radius 2 is 1.68 bits per heavy atom. The fraction of sp³-hybridized carbons (Fsp3) is 0.154. The Morgan fingerprint density at radius 3 is 2.41 bits per heavy atom. The Labute approximate surface area is 197 Å². The number of hydrogen-bond donors (Lipinski definition) is 2. The Balaban J connectivity index is 1.62. The number of aryl methyl sites for hydroxylation is 2. The van der Waals surface area contributed by atoms with E-state index in [1.807, 2.05) is 38.1 Å². The normalized spacial score (nSPS) is 10.6. The van der Waals surface area contributed by atoms with Gasteiger partial charge in [0.2, 0.25) is 0 Å². The van der Waals surface area contributed by atoms with Crippen LogP contribution >= 0.6 is 0 Å². The van der Waals surface area contributed by atoms with Crippen molar-refractivity contribution in [3.63, 3.8) is 0 Å². The van der Waals surface area contributed by atoms with E-state index in [1.54, 1.807) is 42.5 Å². The number of esters is 1. The standard InChI is InChI=1S/C26H25N3O5/c1-4-19-10-6-8-12-21(19)28-24(30)25(31)29-27-16-18-13-14-22(23(15-18)33-3)34-26(32)20-11-7-5-9-17(20)2/h5-16H,4H2,1-3H3,(H,28,30)(H,29,31). The van der Waals surface area contributed by atoms with Crippen molar-refractivity contribution in [2.75, 3.05) is 12.4 Å². The van der Waals surface area contributed by atoms with Gasteiger partial charge in [0.15, 0.2) is 11.5 Å². The van der Waals surface area contributed by atoms with Crippen LogP contribution in [0.3, 0.4) is 0 Å². The van der Waals surface area contributed by atoms with Crippen molar-refractivity contribution in [2.45, 2.75) is 20.3 Å². The summed E-state index contributed by atoms with van der Waals surface area (Å²) < 4.78 is 10.8. The summed E-state index contributed by atoms with van der Waals surface area (Å²) in [5.74, 6) is -1.68. The summed E-state index contributed by atoms with van der Waals surface area (Å²) >= 11 is 0. The fourth-order valence-corrected chi connectivity index (χ4v) is 3.15. The minimum absolute atomic E-state index is 0.242. The number of carbonyl (C=O) groups excluding carboxylic acids is 3. The predicted octanol–water partition coefficient (Wildman–Crippen LogP) is 3.87. The number of hydrazone groups is 1. The lowest BCUT2D eigenvalue weighted by Gasteiger charge is -2.11. The largest absolute Gasteiger partial charge is 0.493 e. The molecule has 0 spiro atoms. The second-order valence-electron chi connectivity index (χ2n) is 7.28. The van der Waals surface area contributed by atoms with Crippen molar-refractivity contribution in [3.8, 4) is 11.5 Å². The van der Waals surface area contributed by atoms with E-state index in [0.29, 0.717) is 29.0 Å². The molecule has 0 aliphatic carbocycles. The Kier molecular flexibility index (Phi) is 8.12. The average Bonchev–Trinajstić information content (AvgIpc) is 2.85. The first-order valence-electron chi connectivity index (χ1n) is 10.6. The third kappa shape index (κ3) is 6.07. The lowest BCUT2D eigenvalue weighted by atomic mass is 10.1. The van der Waals surface area contributed by atoms with E-state index < -0.39 is 17.8 Å². The summed E-state index contributed by atoms with van der Waals surface area (Å²) in [5, 5.41) is 6.40. The number of carbonyl (C=O) groups is 3. The summed E-state index contributed by atoms with van der Waals surface area (Å²) in [5.41, 5.74) is 5.51. The second kappa shape index (κ2) is 11.4. The number of anilines is 1. The molecule has 0 heterocycles. The molecule has 3 aromatic carbocycles. The molecule has 2 amide bonds. The van der Waals surface area contributed by atoms with Gasteiger partial charge in [-0.1, -0.05) is 43.3 Å². The number of para-hydroxylation sites is 1. The molecule has 0 aliphatic heterocycles. The van der Waals surface area contributed by atoms with Crippen molar-refractivity contribution >= 4 is 29.7 Å². The quantitative estimate of drug-likeness (QED) is 0.183. The van der Waals surface area contributed by atoms with Crippen LogP contribution in [0.4, 0.5) is 5.69 Å². The molecule has 3 rings (SSSR count). The van der Waals surface area contributed by atoms with Crippen molar-refractivity contribution < 1.29 is 23.9 Å². The van der Waals surface area contributed by atoms with E-state index >= 15 is 0 Å². The summed E-state index contributed by atoms with van der Waals surface area (Å²) in [7, 11) is 1.45. The molecule has 0 saturated heterocycles. The van der Waals surface area contributed by atoms with E-state index in [4.69, 9.17) is 9.47 Å². The van der Waals surface area contributed by atoms with Gasteiger partial charge in [-0.15, -0.1) is 0 Å². The molecular weight excluding hydrogens is 434 g/mol. The van der Waals surface area contributed by atoms with E-state index in [-0.39, 0.29) is 5.75 Å². The highest BCUT2D eigenvalue weighted by Crippen LogP contribution is 2.28. The highest BCUT2D eigenvalue weighted by Gasteiger charge is 2.16. The zero-order valence-electron chi connectivity index (χ0n) is 19.1. The van der Waals surface area contributed by atoms with Gasteiger partial charge in [-0.2, -0.15) is 5.10 Å². The number of benzene rings is 3. The van der Waals surface area contributed by atoms with Gasteiger partial charge >= 0.3 is 17.8 Å². The smallest absolute Gasteiger partial charge is 0.343 e. The molecule has 0 radical (unpaired) electrons. The summed E-state index contributed by atoms with van der Waals surface area (Å²) in [6, 6.07) is 19.1. The van der Waals surface area contributed by atoms with Crippen LogP contribution in [-0.2, 0) is 16.0 Å². The molecule has 8 nitrogen and oxygen atoms in total. The molecule has 0 aromatic heterocycles. The first kappa shape index (κ1) is 24.2. The van der Waals surface area contributed by atoms with Crippen LogP contribution in [0.25, 0.3) is 0 Å². The van der Waals surface area contributed by atoms with E-state index in [2.05, 4.69) is 15.8 Å². The molecule has 0 bridgehead atoms. The average molecular weight is 460 g/mol. The minimum atomic E-state index is -0.905. The number of nitrogens with zero attached hydrogens (tertiary/aromatic N) is 1. The molecule has 0 unspecified atom stereocenters. The highest BCUT2D eigenvalue weighted by atomic mass is 16.6. The summed E-state index contributed by atoms with van der Waals surface area (Å²) in [6.45, 7) is 3.78. The molecule has 3 aromatic rings. The van der Waals surface area contributed by atoms with Crippen molar-refractivity contribution in [1.29, 1.82) is 0 Å². The van der Waals surface area contributed by atoms with Gasteiger partial charge in [-0.3, -0.25) is 9.59 Å². The number of ether oxygens (including phenoxy) is 2. The maximum Gasteiger partial charge on any atom is 0.343 e. The van der Waals surface area contributed by atoms with Gasteiger partial charge in [-0.05, 0) is 60.4 Å². The molecule has 2 N–H and O–H groups in total. The van der Waals surface area contributed by atoms with Crippen molar-refractivity contribution in [1.82, 2.24) is 5.43 Å². The second-order valence-corrected chi connectivity index (χ2v) is 7.28. The zero-order valence-corrected chi connectivity index (χ0v) is 19.1. The Hall–Kier alpha value is -4.46. The summed E-state index contributed by atoms with van der Waals surface area (Å²) in [6.07, 6.45) is 2.06. The third-order valence-corrected chi connectivity index (χ3v) is 4.99. The van der Waals surface area contributed by atoms with Crippen LogP contribution < -0.4 is 20.2 Å². The Morgan fingerprint density at radius 1 is 0.941 bits per heavy atom. The molecule has 8 heteroatoms. The minimum Gasteiger partial charge on any atom is -0.493 e. The topological polar surface area (TPSA) is 106 Å². The summed E-state index contributed by atoms with van der Waals surface area (Å²) in [4.78, 5) is 36.7. The molecule has 0 saturated carbocycles. The number of hydrogen-bond acceptors (Lipinski definition) is 6. The van der Waals surface area contributed by atoms with Crippen LogP contribution in [-0.4, -0.2) is 31.1 Å².